The van der Waals surface area contributed by atoms with E-state index in [1.54, 1.807) is 6.92 Å². The van der Waals surface area contributed by atoms with Crippen LogP contribution in [0.1, 0.15) is 6.92 Å². The Labute approximate surface area is 83.3 Å². The number of hydrogen-bond donors (Lipinski definition) is 1. The molecule has 0 aliphatic rings. The van der Waals surface area contributed by atoms with Gasteiger partial charge in [0.1, 0.15) is 11.0 Å². The number of pyridine rings is 1. The molecule has 78 valence electrons. The highest BCUT2D eigenvalue weighted by Crippen LogP contribution is 2.02. The van der Waals surface area contributed by atoms with E-state index in [1.165, 1.54) is 13.2 Å². The maximum atomic E-state index is 12.9. The van der Waals surface area contributed by atoms with Crippen LogP contribution in [0.3, 0.4) is 0 Å². The van der Waals surface area contributed by atoms with Gasteiger partial charge in [-0.25, -0.2) is 13.3 Å². The fourth-order valence-electron chi connectivity index (χ4n) is 0.958. The Kier molecular flexibility index (Phi) is 3.54. The number of rotatable bonds is 3. The molecule has 1 unspecified atom stereocenters. The van der Waals surface area contributed by atoms with Crippen molar-refractivity contribution in [3.8, 4) is 0 Å². The fourth-order valence-corrected chi connectivity index (χ4v) is 1.85. The van der Waals surface area contributed by atoms with Crippen molar-refractivity contribution >= 4 is 11.0 Å². The van der Waals surface area contributed by atoms with Gasteiger partial charge in [-0.05, 0) is 6.07 Å². The van der Waals surface area contributed by atoms with E-state index in [9.17, 15) is 13.4 Å². The number of halogens is 1. The molecule has 1 atom stereocenters. The van der Waals surface area contributed by atoms with Gasteiger partial charge in [0.05, 0.1) is 4.90 Å². The first kappa shape index (κ1) is 11.1. The van der Waals surface area contributed by atoms with Crippen molar-refractivity contribution in [2.75, 3.05) is 6.54 Å². The van der Waals surface area contributed by atoms with Gasteiger partial charge in [0, 0.05) is 19.8 Å². The smallest absolute Gasteiger partial charge is 0.286 e. The molecule has 1 N–H and O–H groups in total. The third-order valence-corrected chi connectivity index (χ3v) is 2.81. The number of nitrogens with zero attached hydrogens (tertiary/aromatic N) is 1. The summed E-state index contributed by atoms with van der Waals surface area (Å²) in [6.07, 6.45) is 1.35. The van der Waals surface area contributed by atoms with E-state index < -0.39 is 22.4 Å². The molecule has 0 radical (unpaired) electrons. The SMILES string of the molecule is CCNS(=O)c1cc(F)c(=O)n(C)c1. The molecular weight excluding hydrogens is 207 g/mol. The standard InChI is InChI=1S/C8H11FN2O2S/c1-3-10-14(13)6-4-7(9)8(12)11(2)5-6/h4-5,10H,3H2,1-2H3. The van der Waals surface area contributed by atoms with Crippen molar-refractivity contribution in [3.05, 3.63) is 28.4 Å². The highest BCUT2D eigenvalue weighted by molar-refractivity contribution is 7.83. The van der Waals surface area contributed by atoms with Crippen LogP contribution in [0.5, 0.6) is 0 Å². The second-order valence-corrected chi connectivity index (χ2v) is 4.00. The van der Waals surface area contributed by atoms with Crippen LogP contribution < -0.4 is 10.3 Å². The van der Waals surface area contributed by atoms with Gasteiger partial charge < -0.3 is 4.57 Å². The van der Waals surface area contributed by atoms with Gasteiger partial charge in [-0.15, -0.1) is 0 Å². The largest absolute Gasteiger partial charge is 0.315 e. The lowest BCUT2D eigenvalue weighted by atomic mass is 10.4. The van der Waals surface area contributed by atoms with Crippen LogP contribution in [0, 0.1) is 5.82 Å². The molecule has 1 rings (SSSR count). The molecular formula is C8H11FN2O2S. The van der Waals surface area contributed by atoms with Crippen LogP contribution >= 0.6 is 0 Å². The van der Waals surface area contributed by atoms with E-state index in [0.29, 0.717) is 6.54 Å². The van der Waals surface area contributed by atoms with E-state index in [-0.39, 0.29) is 4.90 Å². The third kappa shape index (κ3) is 2.27. The van der Waals surface area contributed by atoms with Crippen molar-refractivity contribution in [2.45, 2.75) is 11.8 Å². The normalized spacial score (nSPS) is 12.8. The van der Waals surface area contributed by atoms with Crippen molar-refractivity contribution in [1.82, 2.24) is 9.29 Å². The minimum Gasteiger partial charge on any atom is -0.315 e. The summed E-state index contributed by atoms with van der Waals surface area (Å²) in [7, 11) is -0.0472. The minimum absolute atomic E-state index is 0.256. The lowest BCUT2D eigenvalue weighted by Crippen LogP contribution is -2.23. The molecule has 0 aliphatic heterocycles. The van der Waals surface area contributed by atoms with Gasteiger partial charge in [-0.2, -0.15) is 0 Å². The summed E-state index contributed by atoms with van der Waals surface area (Å²) < 4.78 is 28.0. The number of hydrogen-bond acceptors (Lipinski definition) is 2. The summed E-state index contributed by atoms with van der Waals surface area (Å²) in [5, 5.41) is 0. The van der Waals surface area contributed by atoms with E-state index in [1.807, 2.05) is 0 Å². The molecule has 1 heterocycles. The molecule has 6 heteroatoms. The molecule has 1 aromatic rings. The molecule has 0 aromatic carbocycles. The monoisotopic (exact) mass is 218 g/mol. The number of aryl methyl sites for hydroxylation is 1. The first-order valence-corrected chi connectivity index (χ1v) is 5.22. The van der Waals surface area contributed by atoms with Gasteiger partial charge in [0.2, 0.25) is 0 Å². The Balaban J connectivity index is 3.13. The van der Waals surface area contributed by atoms with Crippen LogP contribution in [0.25, 0.3) is 0 Å². The molecule has 0 amide bonds. The zero-order chi connectivity index (χ0) is 10.7. The molecule has 0 fully saturated rings. The molecule has 1 aromatic heterocycles. The summed E-state index contributed by atoms with van der Waals surface area (Å²) in [5.74, 6) is -0.892. The first-order valence-electron chi connectivity index (χ1n) is 4.07. The second-order valence-electron chi connectivity index (χ2n) is 2.71. The Bertz CT molecular complexity index is 390. The average molecular weight is 218 g/mol. The molecule has 4 nitrogen and oxygen atoms in total. The zero-order valence-electron chi connectivity index (χ0n) is 7.91. The summed E-state index contributed by atoms with van der Waals surface area (Å²) in [5.41, 5.74) is -0.720. The molecule has 0 bridgehead atoms. The molecule has 0 aliphatic carbocycles. The van der Waals surface area contributed by atoms with Crippen LogP contribution in [0.15, 0.2) is 22.0 Å². The Hall–Kier alpha value is -1.01. The van der Waals surface area contributed by atoms with Crippen LogP contribution in [-0.4, -0.2) is 15.3 Å². The topological polar surface area (TPSA) is 51.1 Å². The van der Waals surface area contributed by atoms with E-state index in [2.05, 4.69) is 4.72 Å². The third-order valence-electron chi connectivity index (χ3n) is 1.60. The highest BCUT2D eigenvalue weighted by atomic mass is 32.2. The van der Waals surface area contributed by atoms with Gasteiger partial charge in [-0.1, -0.05) is 6.92 Å². The summed E-state index contributed by atoms with van der Waals surface area (Å²) in [4.78, 5) is 11.2. The lowest BCUT2D eigenvalue weighted by molar-refractivity contribution is 0.581. The van der Waals surface area contributed by atoms with Crippen molar-refractivity contribution in [2.24, 2.45) is 7.05 Å². The maximum Gasteiger partial charge on any atom is 0.286 e. The van der Waals surface area contributed by atoms with Crippen molar-refractivity contribution in [1.29, 1.82) is 0 Å². The first-order chi connectivity index (χ1) is 6.56. The van der Waals surface area contributed by atoms with Crippen LogP contribution in [0.4, 0.5) is 4.39 Å². The van der Waals surface area contributed by atoms with E-state index >= 15 is 0 Å². The summed E-state index contributed by atoms with van der Waals surface area (Å²) >= 11 is 0. The number of aromatic nitrogens is 1. The molecule has 0 spiro atoms. The average Bonchev–Trinajstić information content (AvgIpc) is 2.13. The fraction of sp³-hybridized carbons (Fsp3) is 0.375. The van der Waals surface area contributed by atoms with E-state index in [4.69, 9.17) is 0 Å². The van der Waals surface area contributed by atoms with Gasteiger partial charge in [0.15, 0.2) is 5.82 Å². The number of nitrogens with one attached hydrogen (secondary N) is 1. The quantitative estimate of drug-likeness (QED) is 0.785. The predicted octanol–water partition coefficient (Wildman–Crippen LogP) is 0.156. The minimum atomic E-state index is -1.46. The van der Waals surface area contributed by atoms with Gasteiger partial charge >= 0.3 is 0 Å². The summed E-state index contributed by atoms with van der Waals surface area (Å²) in [6, 6.07) is 0.987. The maximum absolute atomic E-state index is 12.9. The zero-order valence-corrected chi connectivity index (χ0v) is 8.73. The van der Waals surface area contributed by atoms with Crippen LogP contribution in [-0.2, 0) is 18.0 Å². The van der Waals surface area contributed by atoms with Crippen molar-refractivity contribution in [3.63, 3.8) is 0 Å². The second kappa shape index (κ2) is 4.47. The Morgan fingerprint density at radius 2 is 2.29 bits per heavy atom. The van der Waals surface area contributed by atoms with Crippen LogP contribution in [0.2, 0.25) is 0 Å². The Morgan fingerprint density at radius 3 is 2.79 bits per heavy atom. The highest BCUT2D eigenvalue weighted by Gasteiger charge is 2.08. The molecule has 0 saturated heterocycles. The van der Waals surface area contributed by atoms with E-state index in [0.717, 1.165) is 10.6 Å². The van der Waals surface area contributed by atoms with Crippen molar-refractivity contribution < 1.29 is 8.60 Å². The van der Waals surface area contributed by atoms with Gasteiger partial charge in [0.25, 0.3) is 5.56 Å². The summed E-state index contributed by atoms with van der Waals surface area (Å²) in [6.45, 7) is 2.30. The lowest BCUT2D eigenvalue weighted by Gasteiger charge is -2.04. The van der Waals surface area contributed by atoms with Gasteiger partial charge in [-0.3, -0.25) is 4.79 Å². The Morgan fingerprint density at radius 1 is 1.64 bits per heavy atom. The molecule has 0 saturated carbocycles. The molecule has 14 heavy (non-hydrogen) atoms. The predicted molar refractivity (Wildman–Crippen MR) is 51.7 cm³/mol.